The Bertz CT molecular complexity index is 336. The summed E-state index contributed by atoms with van der Waals surface area (Å²) in [5, 5.41) is 0. The molecule has 2 fully saturated rings. The quantitative estimate of drug-likeness (QED) is 0.636. The second kappa shape index (κ2) is 6.84. The van der Waals surface area contributed by atoms with Crippen molar-refractivity contribution in [1.82, 2.24) is 4.90 Å². The summed E-state index contributed by atoms with van der Waals surface area (Å²) in [6.45, 7) is 3.49. The fraction of sp³-hybridized carbons (Fsp3) is 0.929. The van der Waals surface area contributed by atoms with Crippen molar-refractivity contribution in [3.05, 3.63) is 0 Å². The molecule has 1 saturated carbocycles. The smallest absolute Gasteiger partial charge is 0.306 e. The third-order valence-corrected chi connectivity index (χ3v) is 5.89. The molecule has 1 saturated heterocycles. The van der Waals surface area contributed by atoms with Crippen molar-refractivity contribution in [3.63, 3.8) is 0 Å². The highest BCUT2D eigenvalue weighted by molar-refractivity contribution is 7.85. The molecule has 2 rings (SSSR count). The summed E-state index contributed by atoms with van der Waals surface area (Å²) in [5.74, 6) is 1.30. The van der Waals surface area contributed by atoms with E-state index in [1.807, 2.05) is 0 Å². The molecule has 0 radical (unpaired) electrons. The van der Waals surface area contributed by atoms with Gasteiger partial charge >= 0.3 is 5.97 Å². The van der Waals surface area contributed by atoms with Crippen LogP contribution < -0.4 is 0 Å². The number of methoxy groups -OCH3 is 1. The lowest BCUT2D eigenvalue weighted by atomic mass is 10.1. The van der Waals surface area contributed by atoms with Crippen LogP contribution in [0, 0.1) is 5.41 Å². The average Bonchev–Trinajstić information content (AvgIpc) is 2.91. The van der Waals surface area contributed by atoms with Gasteiger partial charge in [0.2, 0.25) is 0 Å². The molecule has 1 aliphatic carbocycles. The van der Waals surface area contributed by atoms with Gasteiger partial charge in [-0.15, -0.1) is 0 Å². The van der Waals surface area contributed by atoms with Gasteiger partial charge in [-0.3, -0.25) is 9.00 Å². The first kappa shape index (κ1) is 15.0. The molecule has 19 heavy (non-hydrogen) atoms. The Balaban J connectivity index is 1.62. The molecule has 0 amide bonds. The Labute approximate surface area is 118 Å². The fourth-order valence-electron chi connectivity index (χ4n) is 2.80. The third kappa shape index (κ3) is 4.88. The monoisotopic (exact) mass is 287 g/mol. The molecule has 0 bridgehead atoms. The molecule has 110 valence electrons. The zero-order chi connectivity index (χ0) is 13.7. The van der Waals surface area contributed by atoms with Gasteiger partial charge in [-0.05, 0) is 57.2 Å². The summed E-state index contributed by atoms with van der Waals surface area (Å²) in [6, 6.07) is 0. The Hall–Kier alpha value is -0.420. The van der Waals surface area contributed by atoms with Crippen molar-refractivity contribution in [2.45, 2.75) is 38.5 Å². The van der Waals surface area contributed by atoms with Crippen molar-refractivity contribution in [3.8, 4) is 0 Å². The summed E-state index contributed by atoms with van der Waals surface area (Å²) >= 11 is 0. The maximum absolute atomic E-state index is 12.1. The van der Waals surface area contributed by atoms with Gasteiger partial charge in [0.05, 0.1) is 13.5 Å². The molecule has 1 aliphatic heterocycles. The van der Waals surface area contributed by atoms with Crippen molar-refractivity contribution in [1.29, 1.82) is 0 Å². The van der Waals surface area contributed by atoms with Crippen molar-refractivity contribution >= 4 is 16.8 Å². The van der Waals surface area contributed by atoms with E-state index in [1.165, 1.54) is 33.0 Å². The molecule has 5 heteroatoms. The number of carbonyl (C=O) groups is 1. The van der Waals surface area contributed by atoms with E-state index in [9.17, 15) is 9.00 Å². The summed E-state index contributed by atoms with van der Waals surface area (Å²) in [5.41, 5.74) is 0.00555. The van der Waals surface area contributed by atoms with E-state index in [-0.39, 0.29) is 11.4 Å². The Morgan fingerprint density at radius 2 is 2.00 bits per heavy atom. The van der Waals surface area contributed by atoms with Crippen LogP contribution in [0.2, 0.25) is 0 Å². The van der Waals surface area contributed by atoms with E-state index in [4.69, 9.17) is 4.74 Å². The number of rotatable bonds is 8. The minimum absolute atomic E-state index is 0.00555. The molecule has 1 atom stereocenters. The molecule has 1 unspecified atom stereocenters. The van der Waals surface area contributed by atoms with Crippen LogP contribution in [-0.2, 0) is 20.3 Å². The van der Waals surface area contributed by atoms with Crippen LogP contribution in [0.4, 0.5) is 0 Å². The zero-order valence-corrected chi connectivity index (χ0v) is 12.7. The second-order valence-corrected chi connectivity index (χ2v) is 7.52. The van der Waals surface area contributed by atoms with Crippen molar-refractivity contribution in [2.75, 3.05) is 38.2 Å². The van der Waals surface area contributed by atoms with Gasteiger partial charge in [0.25, 0.3) is 0 Å². The number of likely N-dealkylation sites (tertiary alicyclic amines) is 1. The molecule has 0 aromatic rings. The molecule has 0 aromatic carbocycles. The average molecular weight is 287 g/mol. The third-order valence-electron chi connectivity index (χ3n) is 4.22. The number of hydrogen-bond donors (Lipinski definition) is 0. The molecule has 0 N–H and O–H groups in total. The zero-order valence-electron chi connectivity index (χ0n) is 11.9. The van der Waals surface area contributed by atoms with Crippen LogP contribution in [0.3, 0.4) is 0 Å². The lowest BCUT2D eigenvalue weighted by Crippen LogP contribution is -2.23. The predicted molar refractivity (Wildman–Crippen MR) is 76.5 cm³/mol. The van der Waals surface area contributed by atoms with Crippen molar-refractivity contribution in [2.24, 2.45) is 5.41 Å². The van der Waals surface area contributed by atoms with Crippen LogP contribution in [0.25, 0.3) is 0 Å². The van der Waals surface area contributed by atoms with Gasteiger partial charge < -0.3 is 9.64 Å². The standard InChI is InChI=1S/C14H25NO3S/c1-18-13(16)11-14(5-6-14)12-19(17)10-4-9-15-7-2-3-8-15/h2-12H2,1H3. The van der Waals surface area contributed by atoms with Gasteiger partial charge in [-0.2, -0.15) is 0 Å². The van der Waals surface area contributed by atoms with Crippen LogP contribution in [0.15, 0.2) is 0 Å². The van der Waals surface area contributed by atoms with E-state index >= 15 is 0 Å². The number of esters is 1. The lowest BCUT2D eigenvalue weighted by molar-refractivity contribution is -0.141. The molecule has 4 nitrogen and oxygen atoms in total. The van der Waals surface area contributed by atoms with Crippen LogP contribution in [-0.4, -0.2) is 53.3 Å². The highest BCUT2D eigenvalue weighted by Crippen LogP contribution is 2.49. The van der Waals surface area contributed by atoms with Gasteiger partial charge in [0, 0.05) is 22.3 Å². The fourth-order valence-corrected chi connectivity index (χ4v) is 4.47. The maximum atomic E-state index is 12.1. The van der Waals surface area contributed by atoms with Crippen LogP contribution in [0.1, 0.15) is 38.5 Å². The SMILES string of the molecule is COC(=O)CC1(CS(=O)CCCN2CCCC2)CC1. The van der Waals surface area contributed by atoms with E-state index in [0.717, 1.165) is 31.6 Å². The first-order valence-corrected chi connectivity index (χ1v) is 8.76. The lowest BCUT2D eigenvalue weighted by Gasteiger charge is -2.15. The van der Waals surface area contributed by atoms with Crippen molar-refractivity contribution < 1.29 is 13.7 Å². The molecule has 0 spiro atoms. The Morgan fingerprint density at radius 1 is 1.32 bits per heavy atom. The molecular formula is C14H25NO3S. The Kier molecular flexibility index (Phi) is 5.39. The molecule has 1 heterocycles. The van der Waals surface area contributed by atoms with E-state index < -0.39 is 10.8 Å². The molecular weight excluding hydrogens is 262 g/mol. The first-order valence-electron chi connectivity index (χ1n) is 7.28. The Morgan fingerprint density at radius 3 is 2.58 bits per heavy atom. The number of carbonyl (C=O) groups excluding carboxylic acids is 1. The topological polar surface area (TPSA) is 46.6 Å². The number of ether oxygens (including phenoxy) is 1. The minimum Gasteiger partial charge on any atom is -0.469 e. The molecule has 2 aliphatic rings. The van der Waals surface area contributed by atoms with E-state index in [0.29, 0.717) is 12.2 Å². The van der Waals surface area contributed by atoms with Crippen LogP contribution >= 0.6 is 0 Å². The highest BCUT2D eigenvalue weighted by Gasteiger charge is 2.45. The van der Waals surface area contributed by atoms with Crippen LogP contribution in [0.5, 0.6) is 0 Å². The summed E-state index contributed by atoms with van der Waals surface area (Å²) in [6.07, 6.45) is 6.14. The highest BCUT2D eigenvalue weighted by atomic mass is 32.2. The number of nitrogens with zero attached hydrogens (tertiary/aromatic N) is 1. The summed E-state index contributed by atoms with van der Waals surface area (Å²) in [7, 11) is 0.642. The van der Waals surface area contributed by atoms with Gasteiger partial charge in [-0.1, -0.05) is 0 Å². The minimum atomic E-state index is -0.780. The number of hydrogen-bond acceptors (Lipinski definition) is 4. The first-order chi connectivity index (χ1) is 9.13. The van der Waals surface area contributed by atoms with Gasteiger partial charge in [-0.25, -0.2) is 0 Å². The largest absolute Gasteiger partial charge is 0.469 e. The second-order valence-electron chi connectivity index (χ2n) is 5.94. The van der Waals surface area contributed by atoms with Gasteiger partial charge in [0.1, 0.15) is 0 Å². The van der Waals surface area contributed by atoms with Gasteiger partial charge in [0.15, 0.2) is 0 Å². The predicted octanol–water partition coefficient (Wildman–Crippen LogP) is 1.56. The normalized spacial score (nSPS) is 23.2. The summed E-state index contributed by atoms with van der Waals surface area (Å²) in [4.78, 5) is 13.8. The molecule has 0 aromatic heterocycles. The van der Waals surface area contributed by atoms with E-state index in [1.54, 1.807) is 0 Å². The summed E-state index contributed by atoms with van der Waals surface area (Å²) < 4.78 is 16.8. The van der Waals surface area contributed by atoms with E-state index in [2.05, 4.69) is 4.90 Å². The maximum Gasteiger partial charge on any atom is 0.306 e.